The van der Waals surface area contributed by atoms with Crippen molar-refractivity contribution in [2.45, 2.75) is 19.8 Å². The number of aromatic nitrogens is 7. The molecule has 6 heterocycles. The van der Waals surface area contributed by atoms with Crippen molar-refractivity contribution in [2.75, 3.05) is 5.32 Å². The molecule has 1 amide bonds. The number of nitrogens with one attached hydrogen (secondary N) is 3. The van der Waals surface area contributed by atoms with Crippen molar-refractivity contribution >= 4 is 50.8 Å². The van der Waals surface area contributed by atoms with Gasteiger partial charge in [-0.3, -0.25) is 24.7 Å². The number of thiophene rings is 1. The minimum Gasteiger partial charge on any atom is -0.335 e. The molecule has 0 unspecified atom stereocenters. The Kier molecular flexibility index (Phi) is 5.11. The van der Waals surface area contributed by atoms with Crippen LogP contribution >= 0.6 is 11.3 Å². The van der Waals surface area contributed by atoms with E-state index >= 15 is 0 Å². The molecule has 6 aromatic heterocycles. The smallest absolute Gasteiger partial charge is 0.227 e. The zero-order valence-corrected chi connectivity index (χ0v) is 21.0. The first kappa shape index (κ1) is 22.4. The Labute approximate surface area is 219 Å². The van der Waals surface area contributed by atoms with Gasteiger partial charge in [-0.1, -0.05) is 0 Å². The summed E-state index contributed by atoms with van der Waals surface area (Å²) in [4.78, 5) is 47.1. The zero-order valence-electron chi connectivity index (χ0n) is 20.1. The number of nitrogens with zero attached hydrogens (tertiary/aromatic N) is 5. The number of aromatic amines is 2. The molecule has 1 aliphatic carbocycles. The van der Waals surface area contributed by atoms with Crippen LogP contribution in [-0.4, -0.2) is 46.8 Å². The van der Waals surface area contributed by atoms with E-state index in [9.17, 15) is 9.59 Å². The minimum atomic E-state index is 0.0300. The van der Waals surface area contributed by atoms with E-state index in [0.717, 1.165) is 45.3 Å². The topological polar surface area (TPSA) is 142 Å². The SMILES string of the molecule is CC(=O)c1ccc(-c2ccnc3nc(-c4n[nH]c5cnc(-c6cncc(NC(=O)C7CC7)c6)cc45)[nH]c23)s1. The summed E-state index contributed by atoms with van der Waals surface area (Å²) >= 11 is 1.44. The molecule has 186 valence electrons. The molecular formula is C27H20N8O2S. The van der Waals surface area contributed by atoms with Crippen molar-refractivity contribution in [1.29, 1.82) is 0 Å². The lowest BCUT2D eigenvalue weighted by atomic mass is 10.1. The Morgan fingerprint density at radius 3 is 2.79 bits per heavy atom. The Morgan fingerprint density at radius 1 is 1.08 bits per heavy atom. The summed E-state index contributed by atoms with van der Waals surface area (Å²) in [5.74, 6) is 0.740. The van der Waals surface area contributed by atoms with Gasteiger partial charge in [0.1, 0.15) is 5.69 Å². The van der Waals surface area contributed by atoms with Crippen LogP contribution in [0, 0.1) is 5.92 Å². The highest BCUT2D eigenvalue weighted by atomic mass is 32.1. The number of hydrogen-bond acceptors (Lipinski definition) is 8. The number of carbonyl (C=O) groups is 2. The second kappa shape index (κ2) is 8.67. The van der Waals surface area contributed by atoms with E-state index in [1.807, 2.05) is 30.3 Å². The zero-order chi connectivity index (χ0) is 25.8. The Morgan fingerprint density at radius 2 is 1.97 bits per heavy atom. The molecule has 0 aromatic carbocycles. The third-order valence-electron chi connectivity index (χ3n) is 6.53. The summed E-state index contributed by atoms with van der Waals surface area (Å²) in [5.41, 5.74) is 5.76. The molecule has 1 fully saturated rings. The van der Waals surface area contributed by atoms with E-state index in [2.05, 4.69) is 35.5 Å². The van der Waals surface area contributed by atoms with Crippen molar-refractivity contribution in [1.82, 2.24) is 35.1 Å². The minimum absolute atomic E-state index is 0.0300. The van der Waals surface area contributed by atoms with E-state index in [4.69, 9.17) is 4.98 Å². The number of ketones is 1. The summed E-state index contributed by atoms with van der Waals surface area (Å²) in [6.45, 7) is 1.56. The molecule has 1 aliphatic rings. The first-order chi connectivity index (χ1) is 18.5. The lowest BCUT2D eigenvalue weighted by Gasteiger charge is -2.06. The molecule has 0 radical (unpaired) electrons. The summed E-state index contributed by atoms with van der Waals surface area (Å²) in [7, 11) is 0. The van der Waals surface area contributed by atoms with Gasteiger partial charge in [-0.25, -0.2) is 9.97 Å². The maximum atomic E-state index is 12.2. The molecule has 38 heavy (non-hydrogen) atoms. The van der Waals surface area contributed by atoms with Gasteiger partial charge in [-0.15, -0.1) is 11.3 Å². The van der Waals surface area contributed by atoms with Crippen LogP contribution in [0.5, 0.6) is 0 Å². The molecule has 0 bridgehead atoms. The molecule has 10 nitrogen and oxygen atoms in total. The number of amides is 1. The molecular weight excluding hydrogens is 500 g/mol. The normalized spacial score (nSPS) is 13.3. The summed E-state index contributed by atoms with van der Waals surface area (Å²) in [6, 6.07) is 9.48. The third kappa shape index (κ3) is 3.93. The number of pyridine rings is 3. The second-order valence-electron chi connectivity index (χ2n) is 9.28. The first-order valence-corrected chi connectivity index (χ1v) is 12.9. The number of rotatable bonds is 6. The van der Waals surface area contributed by atoms with Gasteiger partial charge in [-0.05, 0) is 50.1 Å². The maximum Gasteiger partial charge on any atom is 0.227 e. The lowest BCUT2D eigenvalue weighted by Crippen LogP contribution is -2.13. The van der Waals surface area contributed by atoms with Crippen LogP contribution in [0.15, 0.2) is 55.1 Å². The highest BCUT2D eigenvalue weighted by Gasteiger charge is 2.29. The lowest BCUT2D eigenvalue weighted by molar-refractivity contribution is -0.117. The summed E-state index contributed by atoms with van der Waals surface area (Å²) in [6.07, 6.45) is 8.66. The van der Waals surface area contributed by atoms with Crippen LogP contribution in [0.25, 0.3) is 55.3 Å². The van der Waals surface area contributed by atoms with Crippen molar-refractivity contribution in [3.8, 4) is 33.2 Å². The van der Waals surface area contributed by atoms with Crippen LogP contribution in [0.2, 0.25) is 0 Å². The van der Waals surface area contributed by atoms with E-state index in [1.54, 1.807) is 31.7 Å². The van der Waals surface area contributed by atoms with Gasteiger partial charge in [0.15, 0.2) is 17.3 Å². The standard InChI is InChI=1S/C27H20N8O2S/c1-13(36)21-4-5-22(38-21)17-6-7-29-25-23(17)32-26(33-25)24-18-9-19(30-12-20(18)34-35-24)15-8-16(11-28-10-15)31-27(37)14-2-3-14/h4-12,14H,2-3H2,1H3,(H,31,37)(H,34,35)(H,29,32,33). The fraction of sp³-hybridized carbons (Fsp3) is 0.148. The van der Waals surface area contributed by atoms with Gasteiger partial charge in [0.05, 0.1) is 39.7 Å². The van der Waals surface area contributed by atoms with Crippen LogP contribution in [0.4, 0.5) is 5.69 Å². The number of fused-ring (bicyclic) bond motifs is 2. The van der Waals surface area contributed by atoms with Gasteiger partial charge < -0.3 is 10.3 Å². The highest BCUT2D eigenvalue weighted by molar-refractivity contribution is 7.17. The quantitative estimate of drug-likeness (QED) is 0.255. The fourth-order valence-electron chi connectivity index (χ4n) is 4.39. The molecule has 0 spiro atoms. The van der Waals surface area contributed by atoms with Gasteiger partial charge in [0.2, 0.25) is 5.91 Å². The second-order valence-corrected chi connectivity index (χ2v) is 10.4. The predicted molar refractivity (Wildman–Crippen MR) is 145 cm³/mol. The van der Waals surface area contributed by atoms with Crippen molar-refractivity contribution in [3.63, 3.8) is 0 Å². The molecule has 11 heteroatoms. The number of H-pyrrole nitrogens is 2. The van der Waals surface area contributed by atoms with E-state index in [-0.39, 0.29) is 17.6 Å². The van der Waals surface area contributed by atoms with Crippen LogP contribution in [-0.2, 0) is 4.79 Å². The average Bonchev–Trinajstić information content (AvgIpc) is 3.32. The van der Waals surface area contributed by atoms with Crippen molar-refractivity contribution in [2.24, 2.45) is 5.92 Å². The van der Waals surface area contributed by atoms with Gasteiger partial charge in [0, 0.05) is 39.7 Å². The molecule has 0 aliphatic heterocycles. The largest absolute Gasteiger partial charge is 0.335 e. The summed E-state index contributed by atoms with van der Waals surface area (Å²) < 4.78 is 0. The fourth-order valence-corrected chi connectivity index (χ4v) is 5.33. The van der Waals surface area contributed by atoms with Crippen LogP contribution in [0.3, 0.4) is 0 Å². The highest BCUT2D eigenvalue weighted by Crippen LogP contribution is 2.35. The first-order valence-electron chi connectivity index (χ1n) is 12.1. The van der Waals surface area contributed by atoms with Gasteiger partial charge >= 0.3 is 0 Å². The molecule has 1 saturated carbocycles. The van der Waals surface area contributed by atoms with E-state index < -0.39 is 0 Å². The van der Waals surface area contributed by atoms with Gasteiger partial charge in [0.25, 0.3) is 0 Å². The molecule has 6 aromatic rings. The third-order valence-corrected chi connectivity index (χ3v) is 7.75. The molecule has 0 saturated heterocycles. The maximum absolute atomic E-state index is 12.2. The number of imidazole rings is 1. The summed E-state index contributed by atoms with van der Waals surface area (Å²) in [5, 5.41) is 11.3. The Bertz CT molecular complexity index is 1880. The van der Waals surface area contributed by atoms with Crippen molar-refractivity contribution in [3.05, 3.63) is 60.0 Å². The average molecular weight is 521 g/mol. The number of Topliss-reactive ketones (excluding diaryl/α,β-unsaturated/α-hetero) is 1. The number of anilines is 1. The van der Waals surface area contributed by atoms with Gasteiger partial charge in [-0.2, -0.15) is 5.10 Å². The van der Waals surface area contributed by atoms with E-state index in [0.29, 0.717) is 33.4 Å². The van der Waals surface area contributed by atoms with Crippen molar-refractivity contribution < 1.29 is 9.59 Å². The van der Waals surface area contributed by atoms with Crippen LogP contribution < -0.4 is 5.32 Å². The monoisotopic (exact) mass is 520 g/mol. The van der Waals surface area contributed by atoms with Crippen LogP contribution in [0.1, 0.15) is 29.4 Å². The molecule has 0 atom stereocenters. The van der Waals surface area contributed by atoms with E-state index in [1.165, 1.54) is 11.3 Å². The Balaban J connectivity index is 1.27. The Hall–Kier alpha value is -4.77. The molecule has 7 rings (SSSR count). The number of hydrogen-bond donors (Lipinski definition) is 3. The molecule has 3 N–H and O–H groups in total. The predicted octanol–water partition coefficient (Wildman–Crippen LogP) is 5.24. The number of carbonyl (C=O) groups excluding carboxylic acids is 2.